The standard InChI is InChI=1S/C14H22INO/c1-3-5-6-11(4-2)10-17-14-8-7-12(15)9-13(14)16/h7-9,11H,3-6,10,16H2,1-2H3. The number of halogens is 1. The summed E-state index contributed by atoms with van der Waals surface area (Å²) in [5.41, 5.74) is 6.66. The number of unbranched alkanes of at least 4 members (excludes halogenated alkanes) is 1. The van der Waals surface area contributed by atoms with Gasteiger partial charge in [-0.25, -0.2) is 0 Å². The Morgan fingerprint density at radius 2 is 2.12 bits per heavy atom. The molecule has 17 heavy (non-hydrogen) atoms. The Labute approximate surface area is 118 Å². The molecule has 1 atom stereocenters. The Hall–Kier alpha value is -0.450. The van der Waals surface area contributed by atoms with Crippen LogP contribution in [0.5, 0.6) is 5.75 Å². The molecule has 0 heterocycles. The molecule has 0 bridgehead atoms. The van der Waals surface area contributed by atoms with E-state index in [-0.39, 0.29) is 0 Å². The summed E-state index contributed by atoms with van der Waals surface area (Å²) in [6.07, 6.45) is 4.95. The fourth-order valence-electron chi connectivity index (χ4n) is 1.76. The number of hydrogen-bond acceptors (Lipinski definition) is 2. The van der Waals surface area contributed by atoms with Gasteiger partial charge in [0.25, 0.3) is 0 Å². The van der Waals surface area contributed by atoms with E-state index in [1.54, 1.807) is 0 Å². The molecule has 2 nitrogen and oxygen atoms in total. The molecule has 1 aromatic rings. The molecule has 0 radical (unpaired) electrons. The van der Waals surface area contributed by atoms with Crippen molar-refractivity contribution in [1.82, 2.24) is 0 Å². The number of nitrogens with two attached hydrogens (primary N) is 1. The molecule has 0 spiro atoms. The fraction of sp³-hybridized carbons (Fsp3) is 0.571. The lowest BCUT2D eigenvalue weighted by Gasteiger charge is -2.16. The van der Waals surface area contributed by atoms with Gasteiger partial charge in [-0.15, -0.1) is 0 Å². The van der Waals surface area contributed by atoms with E-state index in [1.807, 2.05) is 18.2 Å². The van der Waals surface area contributed by atoms with Gasteiger partial charge >= 0.3 is 0 Å². The normalized spacial score (nSPS) is 12.4. The lowest BCUT2D eigenvalue weighted by Crippen LogP contribution is -2.12. The van der Waals surface area contributed by atoms with Crippen molar-refractivity contribution in [2.75, 3.05) is 12.3 Å². The minimum Gasteiger partial charge on any atom is -0.491 e. The topological polar surface area (TPSA) is 35.2 Å². The van der Waals surface area contributed by atoms with E-state index in [9.17, 15) is 0 Å². The predicted molar refractivity (Wildman–Crippen MR) is 82.4 cm³/mol. The SMILES string of the molecule is CCCCC(CC)COc1ccc(I)cc1N. The number of nitrogen functional groups attached to an aromatic ring is 1. The third-order valence-corrected chi connectivity index (χ3v) is 3.66. The molecule has 1 aromatic carbocycles. The first-order chi connectivity index (χ1) is 8.17. The zero-order valence-corrected chi connectivity index (χ0v) is 12.9. The van der Waals surface area contributed by atoms with Crippen LogP contribution in [-0.4, -0.2) is 6.61 Å². The van der Waals surface area contributed by atoms with Crippen molar-refractivity contribution in [2.24, 2.45) is 5.92 Å². The lowest BCUT2D eigenvalue weighted by atomic mass is 10.0. The number of hydrogen-bond donors (Lipinski definition) is 1. The van der Waals surface area contributed by atoms with Crippen molar-refractivity contribution in [3.05, 3.63) is 21.8 Å². The summed E-state index contributed by atoms with van der Waals surface area (Å²) in [6, 6.07) is 5.94. The summed E-state index contributed by atoms with van der Waals surface area (Å²) in [5, 5.41) is 0. The summed E-state index contributed by atoms with van der Waals surface area (Å²) in [6.45, 7) is 5.23. The molecule has 0 aliphatic carbocycles. The zero-order chi connectivity index (χ0) is 12.7. The van der Waals surface area contributed by atoms with E-state index in [4.69, 9.17) is 10.5 Å². The second-order valence-corrected chi connectivity index (χ2v) is 5.66. The molecule has 0 saturated carbocycles. The van der Waals surface area contributed by atoms with Crippen molar-refractivity contribution >= 4 is 28.3 Å². The highest BCUT2D eigenvalue weighted by Gasteiger charge is 2.08. The molecule has 1 unspecified atom stereocenters. The number of rotatable bonds is 7. The predicted octanol–water partition coefficient (Wildman–Crippen LogP) is 4.47. The second kappa shape index (κ2) is 7.80. The van der Waals surface area contributed by atoms with E-state index < -0.39 is 0 Å². The molecular weight excluding hydrogens is 325 g/mol. The summed E-state index contributed by atoms with van der Waals surface area (Å²) in [5.74, 6) is 1.47. The van der Waals surface area contributed by atoms with Crippen molar-refractivity contribution in [2.45, 2.75) is 39.5 Å². The van der Waals surface area contributed by atoms with Crippen LogP contribution < -0.4 is 10.5 Å². The van der Waals surface area contributed by atoms with Gasteiger partial charge in [0.05, 0.1) is 12.3 Å². The minimum absolute atomic E-state index is 0.647. The average molecular weight is 347 g/mol. The van der Waals surface area contributed by atoms with Crippen molar-refractivity contribution < 1.29 is 4.74 Å². The van der Waals surface area contributed by atoms with Gasteiger partial charge in [-0.3, -0.25) is 0 Å². The van der Waals surface area contributed by atoms with Crippen LogP contribution in [0.15, 0.2) is 18.2 Å². The Morgan fingerprint density at radius 1 is 1.35 bits per heavy atom. The van der Waals surface area contributed by atoms with E-state index in [2.05, 4.69) is 36.4 Å². The largest absolute Gasteiger partial charge is 0.491 e. The minimum atomic E-state index is 0.647. The summed E-state index contributed by atoms with van der Waals surface area (Å²) in [7, 11) is 0. The van der Waals surface area contributed by atoms with Crippen LogP contribution in [-0.2, 0) is 0 Å². The Bertz CT molecular complexity index is 341. The van der Waals surface area contributed by atoms with E-state index in [0.717, 1.165) is 21.6 Å². The molecule has 0 amide bonds. The second-order valence-electron chi connectivity index (χ2n) is 4.41. The van der Waals surface area contributed by atoms with Gasteiger partial charge in [-0.05, 0) is 53.1 Å². The van der Waals surface area contributed by atoms with Crippen LogP contribution in [0.3, 0.4) is 0 Å². The van der Waals surface area contributed by atoms with Gasteiger partial charge in [0, 0.05) is 3.57 Å². The van der Waals surface area contributed by atoms with Gasteiger partial charge in [-0.1, -0.05) is 33.1 Å². The van der Waals surface area contributed by atoms with Crippen molar-refractivity contribution in [1.29, 1.82) is 0 Å². The molecule has 96 valence electrons. The molecule has 3 heteroatoms. The molecule has 0 fully saturated rings. The number of anilines is 1. The number of benzene rings is 1. The highest BCUT2D eigenvalue weighted by atomic mass is 127. The Morgan fingerprint density at radius 3 is 2.71 bits per heavy atom. The van der Waals surface area contributed by atoms with Crippen LogP contribution in [0.2, 0.25) is 0 Å². The summed E-state index contributed by atoms with van der Waals surface area (Å²) < 4.78 is 6.96. The van der Waals surface area contributed by atoms with Crippen LogP contribution in [0.4, 0.5) is 5.69 Å². The molecule has 0 saturated heterocycles. The Kier molecular flexibility index (Phi) is 6.70. The molecule has 2 N–H and O–H groups in total. The van der Waals surface area contributed by atoms with Crippen LogP contribution in [0, 0.1) is 9.49 Å². The van der Waals surface area contributed by atoms with E-state index >= 15 is 0 Å². The molecule has 0 aliphatic heterocycles. The third kappa shape index (κ3) is 5.15. The molecule has 0 aliphatic rings. The first-order valence-corrected chi connectivity index (χ1v) is 7.43. The first kappa shape index (κ1) is 14.6. The molecule has 1 rings (SSSR count). The van der Waals surface area contributed by atoms with E-state index in [0.29, 0.717) is 5.92 Å². The fourth-order valence-corrected chi connectivity index (χ4v) is 2.27. The third-order valence-electron chi connectivity index (χ3n) is 2.99. The van der Waals surface area contributed by atoms with E-state index in [1.165, 1.54) is 25.7 Å². The monoisotopic (exact) mass is 347 g/mol. The molecule has 0 aromatic heterocycles. The van der Waals surface area contributed by atoms with Gasteiger partial charge in [0.1, 0.15) is 5.75 Å². The first-order valence-electron chi connectivity index (χ1n) is 6.35. The highest BCUT2D eigenvalue weighted by molar-refractivity contribution is 14.1. The lowest BCUT2D eigenvalue weighted by molar-refractivity contribution is 0.234. The maximum Gasteiger partial charge on any atom is 0.142 e. The smallest absolute Gasteiger partial charge is 0.142 e. The maximum atomic E-state index is 5.92. The Balaban J connectivity index is 2.47. The maximum absolute atomic E-state index is 5.92. The van der Waals surface area contributed by atoms with Crippen molar-refractivity contribution in [3.63, 3.8) is 0 Å². The van der Waals surface area contributed by atoms with Crippen LogP contribution in [0.1, 0.15) is 39.5 Å². The summed E-state index contributed by atoms with van der Waals surface area (Å²) >= 11 is 2.25. The van der Waals surface area contributed by atoms with Gasteiger partial charge in [-0.2, -0.15) is 0 Å². The van der Waals surface area contributed by atoms with Gasteiger partial charge < -0.3 is 10.5 Å². The average Bonchev–Trinajstić information content (AvgIpc) is 2.31. The van der Waals surface area contributed by atoms with Crippen molar-refractivity contribution in [3.8, 4) is 5.75 Å². The molecular formula is C14H22INO. The zero-order valence-electron chi connectivity index (χ0n) is 10.7. The quantitative estimate of drug-likeness (QED) is 0.584. The summed E-state index contributed by atoms with van der Waals surface area (Å²) in [4.78, 5) is 0. The highest BCUT2D eigenvalue weighted by Crippen LogP contribution is 2.24. The van der Waals surface area contributed by atoms with Crippen LogP contribution in [0.25, 0.3) is 0 Å². The number of ether oxygens (including phenoxy) is 1. The van der Waals surface area contributed by atoms with Crippen LogP contribution >= 0.6 is 22.6 Å². The van der Waals surface area contributed by atoms with Gasteiger partial charge in [0.2, 0.25) is 0 Å². The van der Waals surface area contributed by atoms with Gasteiger partial charge in [0.15, 0.2) is 0 Å².